The number of aliphatic carboxylic acids is 2. The summed E-state index contributed by atoms with van der Waals surface area (Å²) in [4.78, 5) is 32.2. The summed E-state index contributed by atoms with van der Waals surface area (Å²) < 4.78 is 13.2. The average Bonchev–Trinajstić information content (AvgIpc) is 2.89. The number of rotatable bonds is 8. The Labute approximate surface area is 213 Å². The monoisotopic (exact) mass is 508 g/mol. The van der Waals surface area contributed by atoms with Crippen molar-refractivity contribution in [3.8, 4) is 0 Å². The molecule has 0 amide bonds. The SMILES string of the molecule is C[C@H](Nc1cc(C2CCCNC2)cc(Nc2cnccn2)n1)c1ccc(F)cc1.O=C(O)/C=C\C(=O)O. The van der Waals surface area contributed by atoms with Crippen LogP contribution in [0, 0.1) is 5.82 Å². The van der Waals surface area contributed by atoms with Gasteiger partial charge in [-0.3, -0.25) is 4.98 Å². The lowest BCUT2D eigenvalue weighted by Gasteiger charge is -2.25. The minimum absolute atomic E-state index is 0.00722. The molecule has 0 radical (unpaired) electrons. The van der Waals surface area contributed by atoms with Gasteiger partial charge in [0.1, 0.15) is 23.3 Å². The Balaban J connectivity index is 0.000000414. The molecule has 1 aliphatic heterocycles. The van der Waals surface area contributed by atoms with Crippen LogP contribution >= 0.6 is 0 Å². The number of halogens is 1. The standard InChI is InChI=1S/C22H25FN6.C4H4O4/c1-15(16-4-6-19(23)7-5-16)27-20-11-18(17-3-2-8-24-13-17)12-21(28-20)29-22-14-25-9-10-26-22;5-3(6)1-2-4(7)8/h4-7,9-12,14-15,17,24H,2-3,8,13H2,1H3,(H2,26,27,28,29);1-2H,(H,5,6)(H,7,8)/b;2-1-/t15-,17?;/m0./s1. The second-order valence-electron chi connectivity index (χ2n) is 8.36. The number of hydrogen-bond donors (Lipinski definition) is 5. The van der Waals surface area contributed by atoms with Gasteiger partial charge < -0.3 is 26.2 Å². The fourth-order valence-electron chi connectivity index (χ4n) is 3.76. The molecule has 5 N–H and O–H groups in total. The number of benzene rings is 1. The summed E-state index contributed by atoms with van der Waals surface area (Å²) in [6.07, 6.45) is 8.38. The predicted octanol–water partition coefficient (Wildman–Crippen LogP) is 4.11. The Hall–Kier alpha value is -4.38. The third kappa shape index (κ3) is 9.30. The quantitative estimate of drug-likeness (QED) is 0.281. The molecule has 1 aliphatic rings. The van der Waals surface area contributed by atoms with Gasteiger partial charge in [-0.2, -0.15) is 0 Å². The van der Waals surface area contributed by atoms with Crippen LogP contribution in [0.4, 0.5) is 21.8 Å². The van der Waals surface area contributed by atoms with E-state index in [9.17, 15) is 14.0 Å². The van der Waals surface area contributed by atoms with Crippen molar-refractivity contribution in [2.75, 3.05) is 23.7 Å². The summed E-state index contributed by atoms with van der Waals surface area (Å²) in [6, 6.07) is 10.7. The maximum atomic E-state index is 13.2. The van der Waals surface area contributed by atoms with E-state index >= 15 is 0 Å². The van der Waals surface area contributed by atoms with Gasteiger partial charge in [-0.1, -0.05) is 12.1 Å². The van der Waals surface area contributed by atoms with E-state index in [0.717, 1.165) is 43.1 Å². The number of anilines is 3. The summed E-state index contributed by atoms with van der Waals surface area (Å²) in [6.45, 7) is 4.07. The molecule has 1 aromatic carbocycles. The summed E-state index contributed by atoms with van der Waals surface area (Å²) in [7, 11) is 0. The zero-order valence-electron chi connectivity index (χ0n) is 20.3. The summed E-state index contributed by atoms with van der Waals surface area (Å²) >= 11 is 0. The minimum Gasteiger partial charge on any atom is -0.478 e. The zero-order chi connectivity index (χ0) is 26.6. The molecule has 1 unspecified atom stereocenters. The molecule has 4 rings (SSSR count). The molecule has 3 aromatic rings. The van der Waals surface area contributed by atoms with Crippen molar-refractivity contribution in [2.24, 2.45) is 0 Å². The molecule has 2 atom stereocenters. The van der Waals surface area contributed by atoms with E-state index in [-0.39, 0.29) is 11.9 Å². The molecule has 0 spiro atoms. The first kappa shape index (κ1) is 27.2. The van der Waals surface area contributed by atoms with E-state index in [1.165, 1.54) is 17.7 Å². The Kier molecular flexibility index (Phi) is 10.0. The smallest absolute Gasteiger partial charge is 0.328 e. The lowest BCUT2D eigenvalue weighted by Crippen LogP contribution is -2.28. The number of hydrogen-bond acceptors (Lipinski definition) is 8. The zero-order valence-corrected chi connectivity index (χ0v) is 20.3. The van der Waals surface area contributed by atoms with Crippen molar-refractivity contribution >= 4 is 29.4 Å². The molecule has 3 heterocycles. The van der Waals surface area contributed by atoms with Gasteiger partial charge in [0.25, 0.3) is 0 Å². The van der Waals surface area contributed by atoms with Crippen LogP contribution in [0.25, 0.3) is 0 Å². The average molecular weight is 509 g/mol. The van der Waals surface area contributed by atoms with Gasteiger partial charge in [-0.25, -0.2) is 23.9 Å². The van der Waals surface area contributed by atoms with E-state index in [1.807, 2.05) is 6.92 Å². The number of carbonyl (C=O) groups is 2. The van der Waals surface area contributed by atoms with Gasteiger partial charge in [-0.15, -0.1) is 0 Å². The Morgan fingerprint density at radius 2 is 1.78 bits per heavy atom. The number of carboxylic acid groups (broad SMARTS) is 2. The number of pyridine rings is 1. The van der Waals surface area contributed by atoms with E-state index in [0.29, 0.717) is 23.9 Å². The molecule has 11 heteroatoms. The van der Waals surface area contributed by atoms with Crippen molar-refractivity contribution in [3.63, 3.8) is 0 Å². The van der Waals surface area contributed by atoms with Gasteiger partial charge in [0.15, 0.2) is 0 Å². The molecule has 10 nitrogen and oxygen atoms in total. The van der Waals surface area contributed by atoms with Crippen LogP contribution in [0.3, 0.4) is 0 Å². The first-order valence-corrected chi connectivity index (χ1v) is 11.7. The van der Waals surface area contributed by atoms with Gasteiger partial charge in [0.2, 0.25) is 0 Å². The Morgan fingerprint density at radius 1 is 1.08 bits per heavy atom. The molecule has 194 valence electrons. The van der Waals surface area contributed by atoms with Crippen molar-refractivity contribution in [1.29, 1.82) is 0 Å². The van der Waals surface area contributed by atoms with Crippen LogP contribution in [0.1, 0.15) is 42.9 Å². The van der Waals surface area contributed by atoms with Crippen molar-refractivity contribution < 1.29 is 24.2 Å². The first-order valence-electron chi connectivity index (χ1n) is 11.7. The first-order chi connectivity index (χ1) is 17.8. The summed E-state index contributed by atoms with van der Waals surface area (Å²) in [5, 5.41) is 25.8. The van der Waals surface area contributed by atoms with Gasteiger partial charge in [0, 0.05) is 37.1 Å². The number of carboxylic acids is 2. The molecule has 1 saturated heterocycles. The second-order valence-corrected chi connectivity index (χ2v) is 8.36. The molecular formula is C26H29FN6O4. The number of piperidine rings is 1. The Morgan fingerprint density at radius 3 is 2.38 bits per heavy atom. The predicted molar refractivity (Wildman–Crippen MR) is 137 cm³/mol. The largest absolute Gasteiger partial charge is 0.478 e. The van der Waals surface area contributed by atoms with Crippen LogP contribution in [0.15, 0.2) is 67.1 Å². The van der Waals surface area contributed by atoms with Crippen LogP contribution < -0.4 is 16.0 Å². The van der Waals surface area contributed by atoms with Crippen LogP contribution in [-0.4, -0.2) is 50.2 Å². The maximum absolute atomic E-state index is 13.2. The molecular weight excluding hydrogens is 479 g/mol. The molecule has 0 aliphatic carbocycles. The van der Waals surface area contributed by atoms with Crippen LogP contribution in [0.2, 0.25) is 0 Å². The lowest BCUT2D eigenvalue weighted by molar-refractivity contribution is -0.134. The van der Waals surface area contributed by atoms with E-state index in [4.69, 9.17) is 15.2 Å². The van der Waals surface area contributed by atoms with Crippen molar-refractivity contribution in [3.05, 3.63) is 84.1 Å². The lowest BCUT2D eigenvalue weighted by atomic mass is 9.92. The van der Waals surface area contributed by atoms with Crippen LogP contribution in [0.5, 0.6) is 0 Å². The van der Waals surface area contributed by atoms with E-state index in [1.54, 1.807) is 30.7 Å². The van der Waals surface area contributed by atoms with Gasteiger partial charge in [0.05, 0.1) is 6.20 Å². The summed E-state index contributed by atoms with van der Waals surface area (Å²) in [5.74, 6) is -0.160. The van der Waals surface area contributed by atoms with E-state index < -0.39 is 11.9 Å². The number of nitrogens with one attached hydrogen (secondary N) is 3. The third-order valence-electron chi connectivity index (χ3n) is 5.54. The highest BCUT2D eigenvalue weighted by molar-refractivity contribution is 5.89. The van der Waals surface area contributed by atoms with Gasteiger partial charge >= 0.3 is 11.9 Å². The van der Waals surface area contributed by atoms with E-state index in [2.05, 4.69) is 38.1 Å². The van der Waals surface area contributed by atoms with Crippen molar-refractivity contribution in [2.45, 2.75) is 31.7 Å². The molecule has 1 fully saturated rings. The number of aromatic nitrogens is 3. The maximum Gasteiger partial charge on any atom is 0.328 e. The molecule has 2 aromatic heterocycles. The highest BCUT2D eigenvalue weighted by Gasteiger charge is 2.18. The van der Waals surface area contributed by atoms with Crippen LogP contribution in [-0.2, 0) is 9.59 Å². The topological polar surface area (TPSA) is 149 Å². The Bertz CT molecular complexity index is 1190. The van der Waals surface area contributed by atoms with Crippen molar-refractivity contribution in [1.82, 2.24) is 20.3 Å². The summed E-state index contributed by atoms with van der Waals surface area (Å²) in [5.41, 5.74) is 2.23. The molecule has 0 saturated carbocycles. The highest BCUT2D eigenvalue weighted by atomic mass is 19.1. The second kappa shape index (κ2) is 13.6. The van der Waals surface area contributed by atoms with Gasteiger partial charge in [-0.05, 0) is 67.6 Å². The normalized spacial score (nSPS) is 15.8. The molecule has 37 heavy (non-hydrogen) atoms. The number of nitrogens with zero attached hydrogens (tertiary/aromatic N) is 3. The minimum atomic E-state index is -1.26. The fourth-order valence-corrected chi connectivity index (χ4v) is 3.76. The molecule has 0 bridgehead atoms. The third-order valence-corrected chi connectivity index (χ3v) is 5.54. The highest BCUT2D eigenvalue weighted by Crippen LogP contribution is 2.29. The fraction of sp³-hybridized carbons (Fsp3) is 0.269.